The molecule has 8 heteroatoms. The van der Waals surface area contributed by atoms with E-state index in [9.17, 15) is 20.2 Å². The average Bonchev–Trinajstić information content (AvgIpc) is 2.96. The second-order valence-electron chi connectivity index (χ2n) is 5.88. The van der Waals surface area contributed by atoms with Crippen molar-refractivity contribution in [3.05, 3.63) is 97.0 Å². The van der Waals surface area contributed by atoms with Gasteiger partial charge in [0.1, 0.15) is 0 Å². The highest BCUT2D eigenvalue weighted by atomic mass is 35.5. The molecule has 27 heavy (non-hydrogen) atoms. The predicted octanol–water partition coefficient (Wildman–Crippen LogP) is 5.31. The highest BCUT2D eigenvalue weighted by Crippen LogP contribution is 2.44. The van der Waals surface area contributed by atoms with Crippen molar-refractivity contribution in [1.82, 2.24) is 0 Å². The van der Waals surface area contributed by atoms with Crippen LogP contribution in [0.1, 0.15) is 11.1 Å². The molecule has 0 N–H and O–H groups in total. The van der Waals surface area contributed by atoms with Gasteiger partial charge in [0.15, 0.2) is 0 Å². The van der Waals surface area contributed by atoms with E-state index in [0.29, 0.717) is 38.7 Å². The molecule has 0 saturated carbocycles. The van der Waals surface area contributed by atoms with Crippen LogP contribution in [0.4, 0.5) is 17.1 Å². The van der Waals surface area contributed by atoms with Crippen LogP contribution in [0.2, 0.25) is 5.02 Å². The Morgan fingerprint density at radius 2 is 1.56 bits per heavy atom. The van der Waals surface area contributed by atoms with Crippen LogP contribution in [0, 0.1) is 20.2 Å². The maximum absolute atomic E-state index is 11.5. The van der Waals surface area contributed by atoms with Gasteiger partial charge < -0.3 is 0 Å². The van der Waals surface area contributed by atoms with Gasteiger partial charge in [-0.3, -0.25) is 20.2 Å². The fourth-order valence-electron chi connectivity index (χ4n) is 3.14. The van der Waals surface area contributed by atoms with Crippen molar-refractivity contribution in [2.24, 2.45) is 4.99 Å². The molecule has 1 aliphatic carbocycles. The van der Waals surface area contributed by atoms with E-state index in [1.165, 1.54) is 24.3 Å². The number of nitro benzene ring substituents is 2. The quantitative estimate of drug-likeness (QED) is 0.356. The Balaban J connectivity index is 2.02. The first-order valence-corrected chi connectivity index (χ1v) is 8.25. The van der Waals surface area contributed by atoms with Crippen molar-refractivity contribution < 1.29 is 9.85 Å². The third-order valence-electron chi connectivity index (χ3n) is 4.30. The Kier molecular flexibility index (Phi) is 3.93. The van der Waals surface area contributed by atoms with E-state index in [-0.39, 0.29) is 11.4 Å². The lowest BCUT2D eigenvalue weighted by molar-refractivity contribution is -0.385. The van der Waals surface area contributed by atoms with E-state index in [0.717, 1.165) is 0 Å². The van der Waals surface area contributed by atoms with E-state index in [4.69, 9.17) is 11.6 Å². The fourth-order valence-corrected chi connectivity index (χ4v) is 3.27. The van der Waals surface area contributed by atoms with Crippen molar-refractivity contribution in [2.75, 3.05) is 0 Å². The van der Waals surface area contributed by atoms with Gasteiger partial charge in [-0.2, -0.15) is 0 Å². The van der Waals surface area contributed by atoms with E-state index < -0.39 is 9.85 Å². The highest BCUT2D eigenvalue weighted by Gasteiger charge is 2.32. The van der Waals surface area contributed by atoms with E-state index >= 15 is 0 Å². The topological polar surface area (TPSA) is 98.6 Å². The Morgan fingerprint density at radius 1 is 0.815 bits per heavy atom. The van der Waals surface area contributed by atoms with Crippen molar-refractivity contribution in [3.63, 3.8) is 0 Å². The first-order valence-electron chi connectivity index (χ1n) is 7.87. The van der Waals surface area contributed by atoms with Crippen LogP contribution in [0.3, 0.4) is 0 Å². The molecule has 0 fully saturated rings. The van der Waals surface area contributed by atoms with Crippen LogP contribution in [-0.4, -0.2) is 15.6 Å². The molecule has 3 aromatic rings. The Labute approximate surface area is 157 Å². The molecule has 132 valence electrons. The molecule has 0 spiro atoms. The number of hydrogen-bond donors (Lipinski definition) is 0. The van der Waals surface area contributed by atoms with Gasteiger partial charge in [-0.1, -0.05) is 23.7 Å². The van der Waals surface area contributed by atoms with Gasteiger partial charge in [0.25, 0.3) is 11.4 Å². The zero-order chi connectivity index (χ0) is 19.1. The predicted molar refractivity (Wildman–Crippen MR) is 102 cm³/mol. The SMILES string of the molecule is O=[N+]([O-])c1ccc2c(c1)C(=Nc1ccc(Cl)cc1)c1cccc([N+](=O)[O-])c1-2. The number of aliphatic imine (C=N–C) groups is 1. The van der Waals surface area contributed by atoms with E-state index in [2.05, 4.69) is 4.99 Å². The van der Waals surface area contributed by atoms with Crippen LogP contribution < -0.4 is 0 Å². The molecule has 0 aliphatic heterocycles. The molecular weight excluding hydrogens is 370 g/mol. The number of non-ortho nitro benzene ring substituents is 1. The average molecular weight is 380 g/mol. The largest absolute Gasteiger partial charge is 0.277 e. The third kappa shape index (κ3) is 2.84. The van der Waals surface area contributed by atoms with Crippen LogP contribution >= 0.6 is 11.6 Å². The summed E-state index contributed by atoms with van der Waals surface area (Å²) in [6.45, 7) is 0. The first-order chi connectivity index (χ1) is 13.0. The summed E-state index contributed by atoms with van der Waals surface area (Å²) in [4.78, 5) is 26.3. The summed E-state index contributed by atoms with van der Waals surface area (Å²) in [5.74, 6) is 0. The van der Waals surface area contributed by atoms with E-state index in [1.54, 1.807) is 36.4 Å². The lowest BCUT2D eigenvalue weighted by atomic mass is 10.0. The minimum absolute atomic E-state index is 0.0658. The van der Waals surface area contributed by atoms with Gasteiger partial charge >= 0.3 is 0 Å². The van der Waals surface area contributed by atoms with Crippen LogP contribution in [0.15, 0.2) is 65.7 Å². The van der Waals surface area contributed by atoms with Crippen LogP contribution in [-0.2, 0) is 0 Å². The molecular formula is C19H10ClN3O4. The summed E-state index contributed by atoms with van der Waals surface area (Å²) >= 11 is 5.90. The molecule has 1 aliphatic rings. The molecule has 7 nitrogen and oxygen atoms in total. The molecule has 0 saturated heterocycles. The lowest BCUT2D eigenvalue weighted by Crippen LogP contribution is -1.99. The smallest absolute Gasteiger partial charge is 0.258 e. The molecule has 0 atom stereocenters. The van der Waals surface area contributed by atoms with Crippen LogP contribution in [0.25, 0.3) is 11.1 Å². The second-order valence-corrected chi connectivity index (χ2v) is 6.32. The maximum atomic E-state index is 11.5. The number of fused-ring (bicyclic) bond motifs is 3. The number of nitro groups is 2. The van der Waals surface area contributed by atoms with Gasteiger partial charge in [0.2, 0.25) is 0 Å². The Morgan fingerprint density at radius 3 is 2.22 bits per heavy atom. The lowest BCUT2D eigenvalue weighted by Gasteiger charge is -2.03. The highest BCUT2D eigenvalue weighted by molar-refractivity contribution is 6.30. The number of benzene rings is 3. The summed E-state index contributed by atoms with van der Waals surface area (Å²) in [7, 11) is 0. The molecule has 0 radical (unpaired) electrons. The van der Waals surface area contributed by atoms with Crippen LogP contribution in [0.5, 0.6) is 0 Å². The summed E-state index contributed by atoms with van der Waals surface area (Å²) in [5, 5.41) is 23.2. The summed E-state index contributed by atoms with van der Waals surface area (Å²) in [5.41, 5.74) is 2.90. The van der Waals surface area contributed by atoms with Crippen molar-refractivity contribution >= 4 is 34.4 Å². The Hall–Kier alpha value is -3.58. The standard InChI is InChI=1S/C19H10ClN3O4/c20-11-4-6-12(7-5-11)21-19-15-2-1-3-17(23(26)27)18(15)14-9-8-13(22(24)25)10-16(14)19/h1-10H. The molecule has 0 amide bonds. The third-order valence-corrected chi connectivity index (χ3v) is 4.55. The maximum Gasteiger partial charge on any atom is 0.277 e. The number of hydrogen-bond acceptors (Lipinski definition) is 5. The molecule has 0 unspecified atom stereocenters. The molecule has 4 rings (SSSR count). The van der Waals surface area contributed by atoms with Gasteiger partial charge in [0.05, 0.1) is 26.8 Å². The van der Waals surface area contributed by atoms with Crippen molar-refractivity contribution in [3.8, 4) is 11.1 Å². The van der Waals surface area contributed by atoms with Gasteiger partial charge in [-0.25, -0.2) is 4.99 Å². The minimum atomic E-state index is -0.502. The summed E-state index contributed by atoms with van der Waals surface area (Å²) in [6.07, 6.45) is 0. The number of halogens is 1. The second kappa shape index (κ2) is 6.30. The summed E-state index contributed by atoms with van der Waals surface area (Å²) in [6, 6.07) is 15.8. The van der Waals surface area contributed by atoms with Crippen molar-refractivity contribution in [1.29, 1.82) is 0 Å². The van der Waals surface area contributed by atoms with Crippen molar-refractivity contribution in [2.45, 2.75) is 0 Å². The zero-order valence-electron chi connectivity index (χ0n) is 13.6. The normalized spacial score (nSPS) is 13.3. The molecule has 0 bridgehead atoms. The molecule has 3 aromatic carbocycles. The van der Waals surface area contributed by atoms with Gasteiger partial charge in [0, 0.05) is 34.3 Å². The van der Waals surface area contributed by atoms with Gasteiger partial charge in [-0.15, -0.1) is 0 Å². The molecule has 0 heterocycles. The zero-order valence-corrected chi connectivity index (χ0v) is 14.4. The molecule has 0 aromatic heterocycles. The minimum Gasteiger partial charge on any atom is -0.258 e. The summed E-state index contributed by atoms with van der Waals surface area (Å²) < 4.78 is 0. The Bertz CT molecular complexity index is 1140. The van der Waals surface area contributed by atoms with E-state index in [1.807, 2.05) is 0 Å². The monoisotopic (exact) mass is 379 g/mol. The first kappa shape index (κ1) is 16.9. The van der Waals surface area contributed by atoms with Gasteiger partial charge in [-0.05, 0) is 35.9 Å². The number of nitrogens with zero attached hydrogens (tertiary/aromatic N) is 3. The fraction of sp³-hybridized carbons (Fsp3) is 0. The number of rotatable bonds is 3.